The van der Waals surface area contributed by atoms with Crippen molar-refractivity contribution in [2.45, 2.75) is 161 Å². The Balaban J connectivity index is 4.67. The molecular weight excluding hydrogens is 790 g/mol. The third-order valence-corrected chi connectivity index (χ3v) is 9.93. The van der Waals surface area contributed by atoms with E-state index in [0.29, 0.717) is 25.7 Å². The van der Waals surface area contributed by atoms with Crippen molar-refractivity contribution in [1.29, 1.82) is 0 Å². The SMILES string of the molecule is CC[C@@H](O)/C=C/C=C\C/C=C\C/C=C\C/C=C\CCCC(=O)O[C@H](COC(=O)CCCCCCCCCCCCC(C)C)COP(=O)(O)OC[C@@H](O)COP(=O)(O)O. The van der Waals surface area contributed by atoms with Crippen LogP contribution in [0.15, 0.2) is 60.8 Å². The third-order valence-electron chi connectivity index (χ3n) is 8.50. The monoisotopic (exact) mass is 864 g/mol. The highest BCUT2D eigenvalue weighted by Crippen LogP contribution is 2.43. The topological polar surface area (TPSA) is 216 Å². The molecule has 5 N–H and O–H groups in total. The van der Waals surface area contributed by atoms with Crippen molar-refractivity contribution in [2.24, 2.45) is 5.92 Å². The first kappa shape index (κ1) is 55.8. The van der Waals surface area contributed by atoms with Crippen molar-refractivity contribution in [3.63, 3.8) is 0 Å². The number of hydrogen-bond acceptors (Lipinski definition) is 11. The molecule has 0 bridgehead atoms. The number of rotatable bonds is 38. The molecule has 0 saturated carbocycles. The normalized spacial score (nSPS) is 15.3. The van der Waals surface area contributed by atoms with Crippen LogP contribution in [0.25, 0.3) is 0 Å². The predicted molar refractivity (Wildman–Crippen MR) is 227 cm³/mol. The molecule has 0 amide bonds. The first-order chi connectivity index (χ1) is 27.6. The fraction of sp³-hybridized carbons (Fsp3) is 0.714. The molecule has 0 fully saturated rings. The number of aliphatic hydroxyl groups excluding tert-OH is 2. The number of esters is 2. The van der Waals surface area contributed by atoms with E-state index < -0.39 is 72.3 Å². The molecule has 4 atom stereocenters. The number of phosphoric acid groups is 2. The van der Waals surface area contributed by atoms with Gasteiger partial charge in [-0.15, -0.1) is 0 Å². The summed E-state index contributed by atoms with van der Waals surface area (Å²) in [5.74, 6) is -0.356. The summed E-state index contributed by atoms with van der Waals surface area (Å²) in [6.45, 7) is 3.63. The van der Waals surface area contributed by atoms with Crippen LogP contribution in [0.1, 0.15) is 143 Å². The molecule has 0 aliphatic carbocycles. The van der Waals surface area contributed by atoms with Crippen LogP contribution in [0.4, 0.5) is 0 Å². The van der Waals surface area contributed by atoms with Crippen molar-refractivity contribution in [2.75, 3.05) is 26.4 Å². The number of ether oxygens (including phenoxy) is 2. The minimum Gasteiger partial charge on any atom is -0.462 e. The van der Waals surface area contributed by atoms with Gasteiger partial charge in [0.15, 0.2) is 6.10 Å². The highest BCUT2D eigenvalue weighted by atomic mass is 31.2. The summed E-state index contributed by atoms with van der Waals surface area (Å²) in [5.41, 5.74) is 0. The lowest BCUT2D eigenvalue weighted by atomic mass is 10.0. The predicted octanol–water partition coefficient (Wildman–Crippen LogP) is 9.27. The minimum atomic E-state index is -4.87. The maximum atomic E-state index is 12.6. The van der Waals surface area contributed by atoms with Gasteiger partial charge >= 0.3 is 27.6 Å². The van der Waals surface area contributed by atoms with Gasteiger partial charge in [-0.25, -0.2) is 9.13 Å². The first-order valence-electron chi connectivity index (χ1n) is 20.9. The van der Waals surface area contributed by atoms with Crippen LogP contribution in [-0.4, -0.2) is 81.6 Å². The lowest BCUT2D eigenvalue weighted by molar-refractivity contribution is -0.161. The van der Waals surface area contributed by atoms with E-state index in [4.69, 9.17) is 23.8 Å². The van der Waals surface area contributed by atoms with Gasteiger partial charge in [0.05, 0.1) is 25.9 Å². The second kappa shape index (κ2) is 36.6. The van der Waals surface area contributed by atoms with E-state index in [1.54, 1.807) is 6.08 Å². The first-order valence-corrected chi connectivity index (χ1v) is 24.0. The molecule has 1 unspecified atom stereocenters. The summed E-state index contributed by atoms with van der Waals surface area (Å²) >= 11 is 0. The average molecular weight is 865 g/mol. The van der Waals surface area contributed by atoms with Gasteiger partial charge in [0.1, 0.15) is 12.7 Å². The van der Waals surface area contributed by atoms with Gasteiger partial charge in [-0.2, -0.15) is 0 Å². The highest BCUT2D eigenvalue weighted by Gasteiger charge is 2.28. The van der Waals surface area contributed by atoms with Crippen LogP contribution >= 0.6 is 15.6 Å². The zero-order chi connectivity index (χ0) is 43.3. The van der Waals surface area contributed by atoms with Crippen LogP contribution in [-0.2, 0) is 41.8 Å². The molecule has 336 valence electrons. The average Bonchev–Trinajstić information content (AvgIpc) is 3.17. The van der Waals surface area contributed by atoms with Crippen molar-refractivity contribution in [3.8, 4) is 0 Å². The van der Waals surface area contributed by atoms with Crippen LogP contribution in [0.2, 0.25) is 0 Å². The van der Waals surface area contributed by atoms with E-state index in [1.807, 2.05) is 43.4 Å². The number of carbonyl (C=O) groups is 2. The van der Waals surface area contributed by atoms with Gasteiger partial charge < -0.3 is 34.4 Å². The zero-order valence-corrected chi connectivity index (χ0v) is 36.9. The summed E-state index contributed by atoms with van der Waals surface area (Å²) in [5, 5.41) is 19.2. The Hall–Kier alpha value is -2.22. The fourth-order valence-electron chi connectivity index (χ4n) is 5.17. The van der Waals surface area contributed by atoms with Crippen molar-refractivity contribution in [3.05, 3.63) is 60.8 Å². The van der Waals surface area contributed by atoms with E-state index in [1.165, 1.54) is 44.9 Å². The Morgan fingerprint density at radius 3 is 1.71 bits per heavy atom. The molecular formula is C42H74O14P2. The minimum absolute atomic E-state index is 0.0377. The molecule has 0 spiro atoms. The van der Waals surface area contributed by atoms with E-state index in [2.05, 4.69) is 41.1 Å². The van der Waals surface area contributed by atoms with Crippen LogP contribution in [0.5, 0.6) is 0 Å². The molecule has 14 nitrogen and oxygen atoms in total. The van der Waals surface area contributed by atoms with E-state index >= 15 is 0 Å². The van der Waals surface area contributed by atoms with Gasteiger partial charge in [0, 0.05) is 12.8 Å². The Morgan fingerprint density at radius 2 is 1.12 bits per heavy atom. The van der Waals surface area contributed by atoms with Crippen molar-refractivity contribution < 1.29 is 66.7 Å². The molecule has 0 saturated heterocycles. The summed E-state index contributed by atoms with van der Waals surface area (Å²) in [6, 6.07) is 0. The Morgan fingerprint density at radius 1 is 0.603 bits per heavy atom. The van der Waals surface area contributed by atoms with Gasteiger partial charge in [0.2, 0.25) is 0 Å². The van der Waals surface area contributed by atoms with Gasteiger partial charge in [-0.05, 0) is 50.9 Å². The maximum absolute atomic E-state index is 12.6. The van der Waals surface area contributed by atoms with E-state index in [0.717, 1.165) is 44.4 Å². The quantitative estimate of drug-likeness (QED) is 0.0129. The molecule has 0 radical (unpaired) electrons. The summed E-state index contributed by atoms with van der Waals surface area (Å²) in [7, 11) is -9.70. The molecule has 0 aromatic heterocycles. The number of phosphoric ester groups is 2. The number of allylic oxidation sites excluding steroid dienone is 9. The second-order valence-corrected chi connectivity index (χ2v) is 17.3. The lowest BCUT2D eigenvalue weighted by Gasteiger charge is -2.20. The van der Waals surface area contributed by atoms with Crippen molar-refractivity contribution in [1.82, 2.24) is 0 Å². The van der Waals surface area contributed by atoms with Crippen molar-refractivity contribution >= 4 is 27.6 Å². The van der Waals surface area contributed by atoms with E-state index in [9.17, 15) is 33.8 Å². The second-order valence-electron chi connectivity index (χ2n) is 14.6. The number of carbonyl (C=O) groups excluding carboxylic acids is 2. The highest BCUT2D eigenvalue weighted by molar-refractivity contribution is 7.47. The van der Waals surface area contributed by atoms with E-state index in [-0.39, 0.29) is 12.8 Å². The largest absolute Gasteiger partial charge is 0.472 e. The maximum Gasteiger partial charge on any atom is 0.472 e. The van der Waals surface area contributed by atoms with Crippen LogP contribution < -0.4 is 0 Å². The van der Waals surface area contributed by atoms with Gasteiger partial charge in [-0.1, -0.05) is 146 Å². The molecule has 0 aliphatic rings. The van der Waals surface area contributed by atoms with Gasteiger partial charge in [-0.3, -0.25) is 23.2 Å². The smallest absolute Gasteiger partial charge is 0.462 e. The summed E-state index contributed by atoms with van der Waals surface area (Å²) in [4.78, 5) is 52.6. The Labute approximate surface area is 347 Å². The summed E-state index contributed by atoms with van der Waals surface area (Å²) in [6.07, 6.45) is 33.3. The molecule has 0 aromatic rings. The number of hydrogen-bond donors (Lipinski definition) is 5. The third kappa shape index (κ3) is 40.6. The number of aliphatic hydroxyl groups is 2. The van der Waals surface area contributed by atoms with Crippen LogP contribution in [0, 0.1) is 5.92 Å². The standard InChI is InChI=1S/C42H74O14P2/c1-4-38(43)30-26-22-18-14-9-7-5-6-8-10-16-20-24-28-32-42(46)56-40(36-55-58(50,51)54-34-39(44)33-53-57(47,48)49)35-52-41(45)31-27-23-19-15-12-11-13-17-21-25-29-37(2)3/h6-9,16,18,20,22,26,30,37-40,43-44H,4-5,10-15,17,19,21,23-25,27-29,31-36H2,1-3H3,(H,50,51)(H2,47,48,49)/b8-6-,9-7-,20-16-,22-18-,30-26+/t38-,39+,40-/m1/s1. The molecule has 0 aromatic carbocycles. The number of unbranched alkanes of at least 4 members (excludes halogenated alkanes) is 10. The summed E-state index contributed by atoms with van der Waals surface area (Å²) < 4.78 is 47.6. The molecule has 0 rings (SSSR count). The fourth-order valence-corrected chi connectivity index (χ4v) is 6.32. The van der Waals surface area contributed by atoms with Crippen LogP contribution in [0.3, 0.4) is 0 Å². The Kier molecular flexibility index (Phi) is 35.2. The zero-order valence-electron chi connectivity index (χ0n) is 35.2. The molecule has 0 heterocycles. The molecule has 58 heavy (non-hydrogen) atoms. The molecule has 16 heteroatoms. The van der Waals surface area contributed by atoms with Gasteiger partial charge in [0.25, 0.3) is 0 Å². The molecule has 0 aliphatic heterocycles. The lowest BCUT2D eigenvalue weighted by Crippen LogP contribution is -2.29. The Bertz CT molecular complexity index is 1290.